The van der Waals surface area contributed by atoms with E-state index in [1.807, 2.05) is 48.9 Å². The molecular weight excluding hydrogens is 347 g/mol. The summed E-state index contributed by atoms with van der Waals surface area (Å²) < 4.78 is 15.7. The van der Waals surface area contributed by atoms with Gasteiger partial charge in [0.15, 0.2) is 0 Å². The Morgan fingerprint density at radius 2 is 1.96 bits per heavy atom. The maximum atomic E-state index is 13.9. The molecule has 144 valence electrons. The van der Waals surface area contributed by atoms with Crippen LogP contribution in [-0.4, -0.2) is 51.8 Å². The lowest BCUT2D eigenvalue weighted by Crippen LogP contribution is -2.43. The first kappa shape index (κ1) is 19.1. The van der Waals surface area contributed by atoms with Crippen LogP contribution in [0.15, 0.2) is 30.3 Å². The van der Waals surface area contributed by atoms with Gasteiger partial charge in [0, 0.05) is 31.1 Å². The summed E-state index contributed by atoms with van der Waals surface area (Å²) in [6.07, 6.45) is -0.622. The van der Waals surface area contributed by atoms with Crippen LogP contribution >= 0.6 is 0 Å². The summed E-state index contributed by atoms with van der Waals surface area (Å²) in [7, 11) is 0. The number of hydrogen-bond acceptors (Lipinski definition) is 3. The number of nitrogens with zero attached hydrogens (tertiary/aromatic N) is 3. The molecule has 0 saturated carbocycles. The van der Waals surface area contributed by atoms with Crippen LogP contribution in [0.4, 0.5) is 4.39 Å². The highest BCUT2D eigenvalue weighted by atomic mass is 19.1. The predicted molar refractivity (Wildman–Crippen MR) is 100 cm³/mol. The van der Waals surface area contributed by atoms with E-state index in [0.717, 1.165) is 22.6 Å². The average Bonchev–Trinajstić information content (AvgIpc) is 3.15. The van der Waals surface area contributed by atoms with Crippen LogP contribution < -0.4 is 5.32 Å². The molecule has 6 nitrogen and oxygen atoms in total. The number of aryl methyl sites for hydroxylation is 1. The third-order valence-electron chi connectivity index (χ3n) is 5.04. The van der Waals surface area contributed by atoms with Gasteiger partial charge in [0.05, 0.1) is 30.4 Å². The van der Waals surface area contributed by atoms with E-state index in [2.05, 4.69) is 10.4 Å². The first-order chi connectivity index (χ1) is 12.9. The number of carbonyl (C=O) groups excluding carboxylic acids is 2. The number of nitrogens with one attached hydrogen (secondary N) is 1. The van der Waals surface area contributed by atoms with Crippen molar-refractivity contribution in [3.05, 3.63) is 47.3 Å². The monoisotopic (exact) mass is 372 g/mol. The Balaban J connectivity index is 1.77. The van der Waals surface area contributed by atoms with Gasteiger partial charge < -0.3 is 10.2 Å². The second-order valence-electron chi connectivity index (χ2n) is 7.04. The summed E-state index contributed by atoms with van der Waals surface area (Å²) in [5, 5.41) is 7.26. The maximum absolute atomic E-state index is 13.9. The van der Waals surface area contributed by atoms with E-state index in [1.165, 1.54) is 6.92 Å². The molecule has 1 N–H and O–H groups in total. The summed E-state index contributed by atoms with van der Waals surface area (Å²) in [5.41, 5.74) is 3.50. The molecule has 1 aliphatic rings. The highest BCUT2D eigenvalue weighted by Crippen LogP contribution is 2.24. The summed E-state index contributed by atoms with van der Waals surface area (Å²) in [5.74, 6) is -0.315. The van der Waals surface area contributed by atoms with Crippen LogP contribution in [0.25, 0.3) is 5.69 Å². The van der Waals surface area contributed by atoms with Crippen molar-refractivity contribution in [2.24, 2.45) is 0 Å². The van der Waals surface area contributed by atoms with Crippen LogP contribution in [0.3, 0.4) is 0 Å². The van der Waals surface area contributed by atoms with E-state index in [-0.39, 0.29) is 43.8 Å². The Hall–Kier alpha value is -2.70. The molecule has 0 bridgehead atoms. The molecule has 1 aromatic carbocycles. The second kappa shape index (κ2) is 7.90. The van der Waals surface area contributed by atoms with Gasteiger partial charge in [0.25, 0.3) is 0 Å². The third kappa shape index (κ3) is 4.18. The number of rotatable bonds is 5. The number of benzene rings is 1. The number of likely N-dealkylation sites (tertiary alicyclic amines) is 1. The van der Waals surface area contributed by atoms with E-state index in [0.29, 0.717) is 0 Å². The normalized spacial score (nSPS) is 19.3. The first-order valence-electron chi connectivity index (χ1n) is 9.15. The summed E-state index contributed by atoms with van der Waals surface area (Å²) in [4.78, 5) is 25.6. The number of carbonyl (C=O) groups is 2. The topological polar surface area (TPSA) is 67.2 Å². The number of alkyl halides is 1. The molecule has 1 aliphatic heterocycles. The van der Waals surface area contributed by atoms with Crippen LogP contribution in [0.2, 0.25) is 0 Å². The van der Waals surface area contributed by atoms with E-state index in [9.17, 15) is 14.0 Å². The molecule has 2 aromatic rings. The molecule has 0 spiro atoms. The molecule has 0 unspecified atom stereocenters. The molecular formula is C20H25FN4O2. The van der Waals surface area contributed by atoms with Gasteiger partial charge in [-0.15, -0.1) is 0 Å². The SMILES string of the molecule is CC(=O)NC[C@@H]1C[C@H](F)CN1C(=O)Cc1c(C)nn(-c2ccccc2)c1C. The lowest BCUT2D eigenvalue weighted by molar-refractivity contribution is -0.132. The molecule has 7 heteroatoms. The lowest BCUT2D eigenvalue weighted by atomic mass is 10.1. The molecule has 27 heavy (non-hydrogen) atoms. The molecule has 1 aromatic heterocycles. The number of halogens is 1. The third-order valence-corrected chi connectivity index (χ3v) is 5.04. The Morgan fingerprint density at radius 1 is 1.26 bits per heavy atom. The van der Waals surface area contributed by atoms with Gasteiger partial charge in [-0.05, 0) is 26.0 Å². The van der Waals surface area contributed by atoms with Crippen LogP contribution in [-0.2, 0) is 16.0 Å². The minimum Gasteiger partial charge on any atom is -0.354 e. The largest absolute Gasteiger partial charge is 0.354 e. The average molecular weight is 372 g/mol. The number of hydrogen-bond donors (Lipinski definition) is 1. The summed E-state index contributed by atoms with van der Waals surface area (Å²) in [6, 6.07) is 9.44. The highest BCUT2D eigenvalue weighted by molar-refractivity contribution is 5.80. The van der Waals surface area contributed by atoms with E-state index in [1.54, 1.807) is 4.90 Å². The van der Waals surface area contributed by atoms with Crippen molar-refractivity contribution < 1.29 is 14.0 Å². The standard InChI is InChI=1S/C20H25FN4O2/c1-13-19(14(2)25(23-13)17-7-5-4-6-8-17)10-20(27)24-12-16(21)9-18(24)11-22-15(3)26/h4-8,16,18H,9-12H2,1-3H3,(H,22,26)/t16-,18-/m0/s1. The van der Waals surface area contributed by atoms with Crippen molar-refractivity contribution in [3.63, 3.8) is 0 Å². The van der Waals surface area contributed by atoms with Gasteiger partial charge in [0.1, 0.15) is 6.17 Å². The molecule has 1 fully saturated rings. The Bertz CT molecular complexity index is 834. The quantitative estimate of drug-likeness (QED) is 0.874. The van der Waals surface area contributed by atoms with Gasteiger partial charge in [-0.1, -0.05) is 18.2 Å². The maximum Gasteiger partial charge on any atom is 0.227 e. The Morgan fingerprint density at radius 3 is 2.63 bits per heavy atom. The molecule has 2 heterocycles. The van der Waals surface area contributed by atoms with Crippen molar-refractivity contribution >= 4 is 11.8 Å². The Kier molecular flexibility index (Phi) is 5.58. The zero-order valence-electron chi connectivity index (χ0n) is 15.9. The van der Waals surface area contributed by atoms with Gasteiger partial charge in [-0.25, -0.2) is 9.07 Å². The van der Waals surface area contributed by atoms with Crippen molar-refractivity contribution in [1.82, 2.24) is 20.0 Å². The van der Waals surface area contributed by atoms with E-state index < -0.39 is 6.17 Å². The number of amides is 2. The second-order valence-corrected chi connectivity index (χ2v) is 7.04. The summed E-state index contributed by atoms with van der Waals surface area (Å²) in [6.45, 7) is 5.59. The van der Waals surface area contributed by atoms with Crippen molar-refractivity contribution in [2.45, 2.75) is 45.8 Å². The fraction of sp³-hybridized carbons (Fsp3) is 0.450. The zero-order chi connectivity index (χ0) is 19.6. The lowest BCUT2D eigenvalue weighted by Gasteiger charge is -2.24. The Labute approximate surface area is 158 Å². The molecule has 3 rings (SSSR count). The van der Waals surface area contributed by atoms with Crippen molar-refractivity contribution in [1.29, 1.82) is 0 Å². The van der Waals surface area contributed by atoms with E-state index in [4.69, 9.17) is 0 Å². The van der Waals surface area contributed by atoms with Gasteiger partial charge >= 0.3 is 0 Å². The summed E-state index contributed by atoms with van der Waals surface area (Å²) >= 11 is 0. The number of para-hydroxylation sites is 1. The highest BCUT2D eigenvalue weighted by Gasteiger charge is 2.35. The fourth-order valence-corrected chi connectivity index (χ4v) is 3.62. The molecule has 2 amide bonds. The molecule has 0 aliphatic carbocycles. The van der Waals surface area contributed by atoms with Gasteiger partial charge in [0.2, 0.25) is 11.8 Å². The minimum absolute atomic E-state index is 0.0774. The van der Waals surface area contributed by atoms with Crippen LogP contribution in [0.5, 0.6) is 0 Å². The fourth-order valence-electron chi connectivity index (χ4n) is 3.62. The number of aromatic nitrogens is 2. The molecule has 0 radical (unpaired) electrons. The first-order valence-corrected chi connectivity index (χ1v) is 9.15. The van der Waals surface area contributed by atoms with Crippen LogP contribution in [0, 0.1) is 13.8 Å². The zero-order valence-corrected chi connectivity index (χ0v) is 15.9. The van der Waals surface area contributed by atoms with Gasteiger partial charge in [-0.3, -0.25) is 9.59 Å². The molecule has 1 saturated heterocycles. The van der Waals surface area contributed by atoms with E-state index >= 15 is 0 Å². The predicted octanol–water partition coefficient (Wildman–Crippen LogP) is 2.11. The molecule has 2 atom stereocenters. The van der Waals surface area contributed by atoms with Gasteiger partial charge in [-0.2, -0.15) is 5.10 Å². The minimum atomic E-state index is -1.05. The smallest absolute Gasteiger partial charge is 0.227 e. The van der Waals surface area contributed by atoms with Crippen molar-refractivity contribution in [3.8, 4) is 5.69 Å². The van der Waals surface area contributed by atoms with Crippen LogP contribution in [0.1, 0.15) is 30.3 Å². The van der Waals surface area contributed by atoms with Crippen molar-refractivity contribution in [2.75, 3.05) is 13.1 Å².